The molecule has 0 atom stereocenters. The molecule has 1 aliphatic rings. The van der Waals surface area contributed by atoms with Crippen LogP contribution in [0.15, 0.2) is 24.3 Å². The van der Waals surface area contributed by atoms with Gasteiger partial charge in [-0.2, -0.15) is 13.2 Å². The number of nitrogens with one attached hydrogen (secondary N) is 2. The van der Waals surface area contributed by atoms with Crippen molar-refractivity contribution in [3.8, 4) is 5.75 Å². The summed E-state index contributed by atoms with van der Waals surface area (Å²) in [6.07, 6.45) is -0.699. The number of hydrogen-bond donors (Lipinski definition) is 2. The summed E-state index contributed by atoms with van der Waals surface area (Å²) < 4.78 is 40.8. The minimum Gasteiger partial charge on any atom is -0.484 e. The third-order valence-corrected chi connectivity index (χ3v) is 4.05. The first kappa shape index (κ1) is 21.6. The number of alkyl halides is 3. The van der Waals surface area contributed by atoms with E-state index in [2.05, 4.69) is 15.4 Å². The molecule has 1 fully saturated rings. The molecule has 1 aromatic carbocycles. The number of piperidine rings is 1. The summed E-state index contributed by atoms with van der Waals surface area (Å²) in [5.41, 5.74) is 0.824. The molecule has 0 saturated carbocycles. The highest BCUT2D eigenvalue weighted by atomic mass is 35.5. The van der Waals surface area contributed by atoms with Gasteiger partial charge in [0, 0.05) is 13.0 Å². The molecule has 0 unspecified atom stereocenters. The molecule has 0 bridgehead atoms. The summed E-state index contributed by atoms with van der Waals surface area (Å²) in [7, 11) is 0. The van der Waals surface area contributed by atoms with Crippen molar-refractivity contribution in [2.24, 2.45) is 5.92 Å². The highest BCUT2D eigenvalue weighted by Gasteiger charge is 2.28. The maximum atomic E-state index is 12.1. The molecule has 0 spiro atoms. The number of ether oxygens (including phenoxy) is 1. The van der Waals surface area contributed by atoms with Gasteiger partial charge in [0.2, 0.25) is 5.91 Å². The van der Waals surface area contributed by atoms with Crippen LogP contribution in [0.3, 0.4) is 0 Å². The standard InChI is InChI=1S/C17H23F3N2O2.ClH/c18-17(19,20)12-24-15-4-1-14(2-5-15)11-22-16(23)6-3-13-7-9-21-10-8-13;/h1-2,4-5,13,21H,3,6-12H2,(H,22,23);1H. The maximum Gasteiger partial charge on any atom is 0.422 e. The van der Waals surface area contributed by atoms with Crippen LogP contribution in [0.5, 0.6) is 5.75 Å². The van der Waals surface area contributed by atoms with E-state index >= 15 is 0 Å². The number of halogens is 4. The molecule has 0 aliphatic carbocycles. The lowest BCUT2D eigenvalue weighted by atomic mass is 9.93. The highest BCUT2D eigenvalue weighted by molar-refractivity contribution is 5.85. The number of rotatable bonds is 7. The molecule has 142 valence electrons. The lowest BCUT2D eigenvalue weighted by Gasteiger charge is -2.22. The van der Waals surface area contributed by atoms with Crippen molar-refractivity contribution in [3.05, 3.63) is 29.8 Å². The molecule has 1 saturated heterocycles. The van der Waals surface area contributed by atoms with Gasteiger partial charge in [0.25, 0.3) is 0 Å². The van der Waals surface area contributed by atoms with E-state index in [0.29, 0.717) is 18.9 Å². The molecule has 25 heavy (non-hydrogen) atoms. The highest BCUT2D eigenvalue weighted by Crippen LogP contribution is 2.19. The zero-order valence-electron chi connectivity index (χ0n) is 13.9. The fraction of sp³-hybridized carbons (Fsp3) is 0.588. The van der Waals surface area contributed by atoms with E-state index < -0.39 is 12.8 Å². The van der Waals surface area contributed by atoms with Crippen molar-refractivity contribution in [1.82, 2.24) is 10.6 Å². The largest absolute Gasteiger partial charge is 0.484 e. The zero-order valence-corrected chi connectivity index (χ0v) is 14.7. The summed E-state index contributed by atoms with van der Waals surface area (Å²) in [5.74, 6) is 0.779. The Labute approximate surface area is 151 Å². The maximum absolute atomic E-state index is 12.1. The van der Waals surface area contributed by atoms with E-state index in [4.69, 9.17) is 0 Å². The molecule has 0 aromatic heterocycles. The van der Waals surface area contributed by atoms with Gasteiger partial charge in [0.15, 0.2) is 6.61 Å². The summed E-state index contributed by atoms with van der Waals surface area (Å²) >= 11 is 0. The quantitative estimate of drug-likeness (QED) is 0.761. The van der Waals surface area contributed by atoms with Crippen molar-refractivity contribution < 1.29 is 22.7 Å². The van der Waals surface area contributed by atoms with Crippen LogP contribution in [0.1, 0.15) is 31.2 Å². The van der Waals surface area contributed by atoms with Gasteiger partial charge in [-0.05, 0) is 56.0 Å². The van der Waals surface area contributed by atoms with Gasteiger partial charge in [-0.3, -0.25) is 4.79 Å². The van der Waals surface area contributed by atoms with E-state index in [0.717, 1.165) is 37.9 Å². The van der Waals surface area contributed by atoms with Gasteiger partial charge in [0.05, 0.1) is 0 Å². The fourth-order valence-corrected chi connectivity index (χ4v) is 2.66. The summed E-state index contributed by atoms with van der Waals surface area (Å²) in [6, 6.07) is 6.25. The predicted octanol–water partition coefficient (Wildman–Crippen LogP) is 3.45. The first-order valence-electron chi connectivity index (χ1n) is 8.18. The normalized spacial score (nSPS) is 15.3. The van der Waals surface area contributed by atoms with Gasteiger partial charge in [0.1, 0.15) is 5.75 Å². The van der Waals surface area contributed by atoms with Crippen LogP contribution in [0.25, 0.3) is 0 Å². The molecule has 2 rings (SSSR count). The SMILES string of the molecule is Cl.O=C(CCC1CCNCC1)NCc1ccc(OCC(F)(F)F)cc1. The Morgan fingerprint density at radius 1 is 1.20 bits per heavy atom. The fourth-order valence-electron chi connectivity index (χ4n) is 2.66. The summed E-state index contributed by atoms with van der Waals surface area (Å²) in [6.45, 7) is 1.11. The third-order valence-electron chi connectivity index (χ3n) is 4.05. The molecule has 1 amide bonds. The Bertz CT molecular complexity index is 518. The van der Waals surface area contributed by atoms with E-state index in [-0.39, 0.29) is 24.1 Å². The Balaban J connectivity index is 0.00000312. The van der Waals surface area contributed by atoms with Crippen LogP contribution >= 0.6 is 12.4 Å². The van der Waals surface area contributed by atoms with Crippen LogP contribution in [0, 0.1) is 5.92 Å². The van der Waals surface area contributed by atoms with Gasteiger partial charge in [-0.15, -0.1) is 12.4 Å². The van der Waals surface area contributed by atoms with E-state index in [1.807, 2.05) is 0 Å². The van der Waals surface area contributed by atoms with Crippen molar-refractivity contribution in [3.63, 3.8) is 0 Å². The number of hydrogen-bond acceptors (Lipinski definition) is 3. The van der Waals surface area contributed by atoms with Crippen molar-refractivity contribution in [2.75, 3.05) is 19.7 Å². The first-order chi connectivity index (χ1) is 11.4. The minimum absolute atomic E-state index is 0. The summed E-state index contributed by atoms with van der Waals surface area (Å²) in [5, 5.41) is 6.14. The van der Waals surface area contributed by atoms with Gasteiger partial charge in [-0.25, -0.2) is 0 Å². The Morgan fingerprint density at radius 2 is 1.84 bits per heavy atom. The van der Waals surface area contributed by atoms with E-state index in [1.54, 1.807) is 12.1 Å². The third kappa shape index (κ3) is 8.97. The smallest absolute Gasteiger partial charge is 0.422 e. The monoisotopic (exact) mass is 380 g/mol. The zero-order chi connectivity index (χ0) is 17.4. The van der Waals surface area contributed by atoms with Crippen LogP contribution in [-0.2, 0) is 11.3 Å². The molecule has 1 aliphatic heterocycles. The van der Waals surface area contributed by atoms with Crippen molar-refractivity contribution in [2.45, 2.75) is 38.4 Å². The minimum atomic E-state index is -4.35. The lowest BCUT2D eigenvalue weighted by Crippen LogP contribution is -2.29. The lowest BCUT2D eigenvalue weighted by molar-refractivity contribution is -0.153. The Hall–Kier alpha value is -1.47. The van der Waals surface area contributed by atoms with Gasteiger partial charge in [-0.1, -0.05) is 12.1 Å². The Morgan fingerprint density at radius 3 is 2.44 bits per heavy atom. The van der Waals surface area contributed by atoms with E-state index in [9.17, 15) is 18.0 Å². The molecule has 0 radical (unpaired) electrons. The van der Waals surface area contributed by atoms with Crippen LogP contribution in [0.4, 0.5) is 13.2 Å². The molecule has 2 N–H and O–H groups in total. The molecule has 1 aromatic rings. The molecular formula is C17H24ClF3N2O2. The average Bonchev–Trinajstić information content (AvgIpc) is 2.57. The predicted molar refractivity (Wildman–Crippen MR) is 91.9 cm³/mol. The second-order valence-electron chi connectivity index (χ2n) is 6.06. The van der Waals surface area contributed by atoms with Crippen molar-refractivity contribution >= 4 is 18.3 Å². The average molecular weight is 381 g/mol. The van der Waals surface area contributed by atoms with Gasteiger partial charge < -0.3 is 15.4 Å². The van der Waals surface area contributed by atoms with Crippen LogP contribution in [-0.4, -0.2) is 31.8 Å². The molecule has 4 nitrogen and oxygen atoms in total. The summed E-state index contributed by atoms with van der Waals surface area (Å²) in [4.78, 5) is 11.9. The van der Waals surface area contributed by atoms with Crippen LogP contribution < -0.4 is 15.4 Å². The van der Waals surface area contributed by atoms with E-state index in [1.165, 1.54) is 12.1 Å². The Kier molecular flexibility index (Phi) is 9.06. The van der Waals surface area contributed by atoms with Gasteiger partial charge >= 0.3 is 6.18 Å². The van der Waals surface area contributed by atoms with Crippen LogP contribution in [0.2, 0.25) is 0 Å². The molecule has 1 heterocycles. The topological polar surface area (TPSA) is 50.4 Å². The molecular weight excluding hydrogens is 357 g/mol. The number of carbonyl (C=O) groups is 1. The first-order valence-corrected chi connectivity index (χ1v) is 8.18. The van der Waals surface area contributed by atoms with Crippen molar-refractivity contribution in [1.29, 1.82) is 0 Å². The molecule has 8 heteroatoms. The number of benzene rings is 1. The second-order valence-corrected chi connectivity index (χ2v) is 6.06. The number of carbonyl (C=O) groups excluding carboxylic acids is 1. The number of amides is 1. The second kappa shape index (κ2) is 10.5.